The molecule has 1 aliphatic rings. The normalized spacial score (nSPS) is 26.9. The lowest BCUT2D eigenvalue weighted by molar-refractivity contribution is -0.193. The van der Waals surface area contributed by atoms with Crippen molar-refractivity contribution in [3.8, 4) is 0 Å². The molecule has 1 saturated heterocycles. The highest BCUT2D eigenvalue weighted by Gasteiger charge is 2.42. The first-order chi connectivity index (χ1) is 13.3. The minimum absolute atomic E-state index is 0.0747. The Morgan fingerprint density at radius 3 is 2.57 bits per heavy atom. The number of hydrogen-bond acceptors (Lipinski definition) is 6. The van der Waals surface area contributed by atoms with Crippen LogP contribution >= 0.6 is 0 Å². The van der Waals surface area contributed by atoms with E-state index in [9.17, 15) is 19.8 Å². The Morgan fingerprint density at radius 1 is 1.29 bits per heavy atom. The molecule has 0 bridgehead atoms. The third-order valence-corrected chi connectivity index (χ3v) is 4.68. The Hall–Kier alpha value is -2.00. The maximum atomic E-state index is 12.5. The average molecular weight is 394 g/mol. The fraction of sp³-hybridized carbons (Fsp3) is 0.600. The van der Waals surface area contributed by atoms with Crippen LogP contribution in [0.1, 0.15) is 26.3 Å². The number of aliphatic hydroxyl groups is 2. The van der Waals surface area contributed by atoms with Gasteiger partial charge in [-0.25, -0.2) is 0 Å². The second kappa shape index (κ2) is 10.5. The number of aliphatic hydroxyl groups excluding tert-OH is 2. The van der Waals surface area contributed by atoms with E-state index in [4.69, 9.17) is 9.47 Å². The number of benzene rings is 1. The lowest BCUT2D eigenvalue weighted by Gasteiger charge is -2.40. The van der Waals surface area contributed by atoms with E-state index >= 15 is 0 Å². The molecular formula is C20H30N2O6. The maximum Gasteiger partial charge on any atom is 0.249 e. The zero-order chi connectivity index (χ0) is 20.7. The predicted molar refractivity (Wildman–Crippen MR) is 103 cm³/mol. The second-order valence-electron chi connectivity index (χ2n) is 7.19. The summed E-state index contributed by atoms with van der Waals surface area (Å²) in [5.41, 5.74) is 1.11. The molecule has 4 N–H and O–H groups in total. The van der Waals surface area contributed by atoms with Crippen LogP contribution in [0.25, 0.3) is 0 Å². The van der Waals surface area contributed by atoms with Gasteiger partial charge in [0.2, 0.25) is 11.8 Å². The van der Waals surface area contributed by atoms with Crippen molar-refractivity contribution in [3.05, 3.63) is 35.9 Å². The molecule has 156 valence electrons. The van der Waals surface area contributed by atoms with Gasteiger partial charge in [0, 0.05) is 13.0 Å². The van der Waals surface area contributed by atoms with E-state index in [-0.39, 0.29) is 31.1 Å². The zero-order valence-electron chi connectivity index (χ0n) is 16.5. The molecule has 1 heterocycles. The Morgan fingerprint density at radius 2 is 1.96 bits per heavy atom. The van der Waals surface area contributed by atoms with E-state index in [1.54, 1.807) is 6.92 Å². The summed E-state index contributed by atoms with van der Waals surface area (Å²) in [4.78, 5) is 23.9. The number of carbonyl (C=O) groups is 2. The van der Waals surface area contributed by atoms with Crippen LogP contribution in [-0.2, 0) is 25.5 Å². The van der Waals surface area contributed by atoms with Crippen molar-refractivity contribution in [1.29, 1.82) is 0 Å². The molecule has 8 heteroatoms. The van der Waals surface area contributed by atoms with E-state index in [0.29, 0.717) is 6.42 Å². The predicted octanol–water partition coefficient (Wildman–Crippen LogP) is -0.236. The minimum Gasteiger partial charge on any atom is -0.394 e. The molecule has 1 aromatic carbocycles. The van der Waals surface area contributed by atoms with Gasteiger partial charge in [-0.1, -0.05) is 30.3 Å². The Labute approximate surface area is 165 Å². The van der Waals surface area contributed by atoms with Gasteiger partial charge < -0.3 is 30.3 Å². The third-order valence-electron chi connectivity index (χ3n) is 4.68. The van der Waals surface area contributed by atoms with Crippen LogP contribution in [-0.4, -0.2) is 71.7 Å². The fourth-order valence-electron chi connectivity index (χ4n) is 3.27. The van der Waals surface area contributed by atoms with Gasteiger partial charge in [-0.05, 0) is 25.8 Å². The number of nitrogens with one attached hydrogen (secondary N) is 2. The van der Waals surface area contributed by atoms with Crippen LogP contribution in [0.15, 0.2) is 30.3 Å². The van der Waals surface area contributed by atoms with Gasteiger partial charge >= 0.3 is 0 Å². The Bertz CT molecular complexity index is 641. The van der Waals surface area contributed by atoms with E-state index in [1.165, 1.54) is 6.92 Å². The first kappa shape index (κ1) is 22.3. The topological polar surface area (TPSA) is 117 Å². The summed E-state index contributed by atoms with van der Waals surface area (Å²) in [7, 11) is 0. The number of hydrogen-bond donors (Lipinski definition) is 4. The van der Waals surface area contributed by atoms with Gasteiger partial charge in [-0.3, -0.25) is 9.59 Å². The van der Waals surface area contributed by atoms with Gasteiger partial charge in [0.25, 0.3) is 0 Å². The van der Waals surface area contributed by atoms with Crippen LogP contribution in [0.4, 0.5) is 0 Å². The lowest BCUT2D eigenvalue weighted by Crippen LogP contribution is -2.62. The second-order valence-corrected chi connectivity index (χ2v) is 7.19. The van der Waals surface area contributed by atoms with Crippen molar-refractivity contribution in [2.45, 2.75) is 63.7 Å². The maximum absolute atomic E-state index is 12.5. The first-order valence-corrected chi connectivity index (χ1v) is 9.49. The number of carbonyl (C=O) groups excluding carboxylic acids is 2. The van der Waals surface area contributed by atoms with Gasteiger partial charge in [0.1, 0.15) is 24.4 Å². The molecule has 2 rings (SSSR count). The van der Waals surface area contributed by atoms with Crippen molar-refractivity contribution < 1.29 is 29.3 Å². The molecule has 0 aliphatic carbocycles. The zero-order valence-corrected chi connectivity index (χ0v) is 16.5. The van der Waals surface area contributed by atoms with Crippen LogP contribution in [0.3, 0.4) is 0 Å². The van der Waals surface area contributed by atoms with Gasteiger partial charge in [-0.15, -0.1) is 0 Å². The summed E-state index contributed by atoms with van der Waals surface area (Å²) in [6.07, 6.45) is -3.05. The standard InChI is InChI=1S/C20H30N2O6/c1-12(9-15-7-5-4-6-8-15)21-20(26)13(2)28-19-16(22-14(3)24)11-27-17(10-23)18(19)25/h4-8,12-13,16-19,23,25H,9-11H2,1-3H3,(H,21,26)(H,22,24)/t12-,13+,16?,17?,18+,19+/m0/s1. The van der Waals surface area contributed by atoms with Crippen molar-refractivity contribution >= 4 is 11.8 Å². The number of amides is 2. The van der Waals surface area contributed by atoms with Crippen LogP contribution in [0.5, 0.6) is 0 Å². The van der Waals surface area contributed by atoms with Crippen LogP contribution < -0.4 is 10.6 Å². The summed E-state index contributed by atoms with van der Waals surface area (Å²) in [5.74, 6) is -0.616. The molecule has 0 aromatic heterocycles. The summed E-state index contributed by atoms with van der Waals surface area (Å²) in [6, 6.07) is 9.10. The van der Waals surface area contributed by atoms with Crippen molar-refractivity contribution in [3.63, 3.8) is 0 Å². The highest BCUT2D eigenvalue weighted by Crippen LogP contribution is 2.20. The molecule has 0 radical (unpaired) electrons. The van der Waals surface area contributed by atoms with Crippen molar-refractivity contribution in [1.82, 2.24) is 10.6 Å². The molecule has 0 saturated carbocycles. The average Bonchev–Trinajstić information content (AvgIpc) is 2.65. The van der Waals surface area contributed by atoms with E-state index in [1.807, 2.05) is 37.3 Å². The summed E-state index contributed by atoms with van der Waals surface area (Å²) in [6.45, 7) is 4.53. The van der Waals surface area contributed by atoms with E-state index in [0.717, 1.165) is 5.56 Å². The molecule has 8 nitrogen and oxygen atoms in total. The number of ether oxygens (including phenoxy) is 2. The largest absolute Gasteiger partial charge is 0.394 e. The molecule has 2 unspecified atom stereocenters. The Balaban J connectivity index is 1.95. The molecule has 1 aliphatic heterocycles. The summed E-state index contributed by atoms with van der Waals surface area (Å²) in [5, 5.41) is 25.3. The van der Waals surface area contributed by atoms with Gasteiger partial charge in [-0.2, -0.15) is 0 Å². The molecule has 2 amide bonds. The molecule has 0 spiro atoms. The minimum atomic E-state index is -1.17. The van der Waals surface area contributed by atoms with Gasteiger partial charge in [0.05, 0.1) is 19.3 Å². The highest BCUT2D eigenvalue weighted by atomic mass is 16.6. The summed E-state index contributed by atoms with van der Waals surface area (Å²) >= 11 is 0. The van der Waals surface area contributed by atoms with Crippen molar-refractivity contribution in [2.75, 3.05) is 13.2 Å². The van der Waals surface area contributed by atoms with Gasteiger partial charge in [0.15, 0.2) is 0 Å². The molecule has 6 atom stereocenters. The smallest absolute Gasteiger partial charge is 0.249 e. The molecular weight excluding hydrogens is 364 g/mol. The summed E-state index contributed by atoms with van der Waals surface area (Å²) < 4.78 is 11.2. The Kier molecular flexibility index (Phi) is 8.37. The number of rotatable bonds is 8. The lowest BCUT2D eigenvalue weighted by atomic mass is 9.97. The van der Waals surface area contributed by atoms with Crippen molar-refractivity contribution in [2.24, 2.45) is 0 Å². The fourth-order valence-corrected chi connectivity index (χ4v) is 3.27. The van der Waals surface area contributed by atoms with E-state index in [2.05, 4.69) is 10.6 Å². The molecule has 1 aromatic rings. The monoisotopic (exact) mass is 394 g/mol. The SMILES string of the molecule is CC(=O)NC1COC(CO)[C@@H](O)[C@@H]1O[C@H](C)C(=O)N[C@@H](C)Cc1ccccc1. The van der Waals surface area contributed by atoms with Crippen LogP contribution in [0, 0.1) is 0 Å². The third kappa shape index (κ3) is 6.27. The molecule has 28 heavy (non-hydrogen) atoms. The molecule has 1 fully saturated rings. The first-order valence-electron chi connectivity index (χ1n) is 9.49. The van der Waals surface area contributed by atoms with Crippen LogP contribution in [0.2, 0.25) is 0 Å². The quantitative estimate of drug-likeness (QED) is 0.484. The highest BCUT2D eigenvalue weighted by molar-refractivity contribution is 5.80. The van der Waals surface area contributed by atoms with E-state index < -0.39 is 30.5 Å².